The van der Waals surface area contributed by atoms with Crippen molar-refractivity contribution in [3.8, 4) is 11.8 Å². The lowest BCUT2D eigenvalue weighted by Gasteiger charge is -2.32. The second kappa shape index (κ2) is 5.96. The molecule has 1 aromatic heterocycles. The minimum atomic E-state index is -0.877. The first-order chi connectivity index (χ1) is 9.15. The third-order valence-electron chi connectivity index (χ3n) is 2.76. The van der Waals surface area contributed by atoms with Gasteiger partial charge in [-0.25, -0.2) is 4.79 Å². The normalized spacial score (nSPS) is 19.1. The Bertz CT molecular complexity index is 449. The van der Waals surface area contributed by atoms with Crippen molar-refractivity contribution in [2.45, 2.75) is 6.04 Å². The number of carbonyl (C=O) groups is 1. The van der Waals surface area contributed by atoms with Crippen LogP contribution in [0.2, 0.25) is 0 Å². The van der Waals surface area contributed by atoms with Crippen LogP contribution >= 0.6 is 11.8 Å². The number of thioether (sulfide) groups is 1. The first-order valence-corrected chi connectivity index (χ1v) is 6.85. The predicted octanol–water partition coefficient (Wildman–Crippen LogP) is 0.500. The standard InChI is InChI=1S/C11H15N3O4S/c1-17-8-5-9(18-2)13-11(12-8)14-3-4-19-6-7(14)10(15)16/h5,7H,3-4,6H2,1-2H3,(H,15,16). The SMILES string of the molecule is COc1cc(OC)nc(N2CCSCC2C(=O)O)n1. The third kappa shape index (κ3) is 3.01. The van der Waals surface area contributed by atoms with Crippen LogP contribution in [0.4, 0.5) is 5.95 Å². The Morgan fingerprint density at radius 3 is 2.58 bits per heavy atom. The van der Waals surface area contributed by atoms with Crippen molar-refractivity contribution in [1.82, 2.24) is 9.97 Å². The highest BCUT2D eigenvalue weighted by atomic mass is 32.2. The van der Waals surface area contributed by atoms with Crippen molar-refractivity contribution in [3.63, 3.8) is 0 Å². The molecule has 0 spiro atoms. The Morgan fingerprint density at radius 2 is 2.05 bits per heavy atom. The molecule has 1 aliphatic rings. The van der Waals surface area contributed by atoms with Gasteiger partial charge in [0, 0.05) is 18.1 Å². The number of carboxylic acids is 1. The van der Waals surface area contributed by atoms with E-state index < -0.39 is 12.0 Å². The summed E-state index contributed by atoms with van der Waals surface area (Å²) < 4.78 is 10.1. The molecule has 1 N–H and O–H groups in total. The molecule has 1 unspecified atom stereocenters. The van der Waals surface area contributed by atoms with Crippen molar-refractivity contribution >= 4 is 23.7 Å². The number of carboxylic acid groups (broad SMARTS) is 1. The van der Waals surface area contributed by atoms with Gasteiger partial charge in [0.2, 0.25) is 17.7 Å². The largest absolute Gasteiger partial charge is 0.481 e. The van der Waals surface area contributed by atoms with Crippen molar-refractivity contribution in [3.05, 3.63) is 6.07 Å². The summed E-state index contributed by atoms with van der Waals surface area (Å²) in [5.74, 6) is 1.50. The van der Waals surface area contributed by atoms with E-state index in [2.05, 4.69) is 9.97 Å². The number of anilines is 1. The maximum atomic E-state index is 11.3. The fourth-order valence-corrected chi connectivity index (χ4v) is 2.82. The molecule has 1 aromatic rings. The van der Waals surface area contributed by atoms with Crippen LogP contribution < -0.4 is 14.4 Å². The van der Waals surface area contributed by atoms with Crippen molar-refractivity contribution in [1.29, 1.82) is 0 Å². The minimum absolute atomic E-state index is 0.323. The fourth-order valence-electron chi connectivity index (χ4n) is 1.78. The molecule has 0 aliphatic carbocycles. The van der Waals surface area contributed by atoms with E-state index in [1.807, 2.05) is 0 Å². The van der Waals surface area contributed by atoms with E-state index in [1.54, 1.807) is 22.7 Å². The predicted molar refractivity (Wildman–Crippen MR) is 71.2 cm³/mol. The van der Waals surface area contributed by atoms with Crippen LogP contribution in [-0.2, 0) is 4.79 Å². The molecule has 1 atom stereocenters. The summed E-state index contributed by atoms with van der Waals surface area (Å²) in [6, 6.07) is 0.924. The minimum Gasteiger partial charge on any atom is -0.481 e. The number of aromatic nitrogens is 2. The fraction of sp³-hybridized carbons (Fsp3) is 0.545. The van der Waals surface area contributed by atoms with Gasteiger partial charge in [-0.05, 0) is 0 Å². The summed E-state index contributed by atoms with van der Waals surface area (Å²) in [6.07, 6.45) is 0. The topological polar surface area (TPSA) is 84.8 Å². The van der Waals surface area contributed by atoms with Gasteiger partial charge in [0.1, 0.15) is 6.04 Å². The number of ether oxygens (including phenoxy) is 2. The van der Waals surface area contributed by atoms with Crippen LogP contribution in [0.25, 0.3) is 0 Å². The zero-order valence-electron chi connectivity index (χ0n) is 10.7. The lowest BCUT2D eigenvalue weighted by molar-refractivity contribution is -0.138. The summed E-state index contributed by atoms with van der Waals surface area (Å²) >= 11 is 1.61. The van der Waals surface area contributed by atoms with Crippen LogP contribution in [0.3, 0.4) is 0 Å². The number of hydrogen-bond donors (Lipinski definition) is 1. The molecule has 1 aliphatic heterocycles. The summed E-state index contributed by atoms with van der Waals surface area (Å²) in [7, 11) is 2.98. The highest BCUT2D eigenvalue weighted by Gasteiger charge is 2.31. The van der Waals surface area contributed by atoms with E-state index in [-0.39, 0.29) is 0 Å². The molecule has 0 radical (unpaired) electrons. The number of hydrogen-bond acceptors (Lipinski definition) is 7. The molecular weight excluding hydrogens is 270 g/mol. The second-order valence-corrected chi connectivity index (χ2v) is 5.02. The molecule has 7 nitrogen and oxygen atoms in total. The van der Waals surface area contributed by atoms with Gasteiger partial charge in [0.25, 0.3) is 0 Å². The number of methoxy groups -OCH3 is 2. The quantitative estimate of drug-likeness (QED) is 0.856. The molecule has 104 valence electrons. The highest BCUT2D eigenvalue weighted by molar-refractivity contribution is 7.99. The molecule has 1 saturated heterocycles. The van der Waals surface area contributed by atoms with Gasteiger partial charge in [-0.3, -0.25) is 0 Å². The Labute approximate surface area is 114 Å². The number of rotatable bonds is 4. The van der Waals surface area contributed by atoms with Crippen LogP contribution in [0.5, 0.6) is 11.8 Å². The first kappa shape index (κ1) is 13.7. The van der Waals surface area contributed by atoms with E-state index in [9.17, 15) is 9.90 Å². The zero-order valence-corrected chi connectivity index (χ0v) is 11.5. The van der Waals surface area contributed by atoms with Gasteiger partial charge in [-0.2, -0.15) is 21.7 Å². The Morgan fingerprint density at radius 1 is 1.42 bits per heavy atom. The molecular formula is C11H15N3O4S. The van der Waals surface area contributed by atoms with E-state index in [4.69, 9.17) is 9.47 Å². The van der Waals surface area contributed by atoms with Gasteiger partial charge in [-0.1, -0.05) is 0 Å². The van der Waals surface area contributed by atoms with Gasteiger partial charge >= 0.3 is 5.97 Å². The monoisotopic (exact) mass is 285 g/mol. The summed E-state index contributed by atoms with van der Waals surface area (Å²) in [4.78, 5) is 21.3. The molecule has 2 rings (SSSR count). The maximum Gasteiger partial charge on any atom is 0.327 e. The average Bonchev–Trinajstić information content (AvgIpc) is 2.46. The van der Waals surface area contributed by atoms with Crippen molar-refractivity contribution in [2.24, 2.45) is 0 Å². The van der Waals surface area contributed by atoms with Crippen LogP contribution in [-0.4, -0.2) is 59.4 Å². The van der Waals surface area contributed by atoms with Crippen molar-refractivity contribution in [2.75, 3.05) is 37.2 Å². The average molecular weight is 285 g/mol. The van der Waals surface area contributed by atoms with Gasteiger partial charge in [0.05, 0.1) is 20.3 Å². The van der Waals surface area contributed by atoms with Crippen molar-refractivity contribution < 1.29 is 19.4 Å². The van der Waals surface area contributed by atoms with Crippen LogP contribution in [0.1, 0.15) is 0 Å². The molecule has 1 fully saturated rings. The Hall–Kier alpha value is -1.70. The molecule has 0 aromatic carbocycles. The zero-order chi connectivity index (χ0) is 13.8. The van der Waals surface area contributed by atoms with Gasteiger partial charge in [0.15, 0.2) is 0 Å². The summed E-state index contributed by atoms with van der Waals surface area (Å²) in [5.41, 5.74) is 0. The van der Waals surface area contributed by atoms with E-state index in [0.29, 0.717) is 30.0 Å². The van der Waals surface area contributed by atoms with E-state index in [0.717, 1.165) is 5.75 Å². The summed E-state index contributed by atoms with van der Waals surface area (Å²) in [5, 5.41) is 9.25. The molecule has 19 heavy (non-hydrogen) atoms. The summed E-state index contributed by atoms with van der Waals surface area (Å²) in [6.45, 7) is 0.581. The van der Waals surface area contributed by atoms with E-state index in [1.165, 1.54) is 14.2 Å². The lowest BCUT2D eigenvalue weighted by atomic mass is 10.3. The number of aliphatic carboxylic acids is 1. The van der Waals surface area contributed by atoms with Crippen LogP contribution in [0.15, 0.2) is 6.07 Å². The molecule has 0 saturated carbocycles. The smallest absolute Gasteiger partial charge is 0.327 e. The maximum absolute atomic E-state index is 11.3. The highest BCUT2D eigenvalue weighted by Crippen LogP contribution is 2.25. The lowest BCUT2D eigenvalue weighted by Crippen LogP contribution is -2.48. The number of nitrogens with zero attached hydrogens (tertiary/aromatic N) is 3. The third-order valence-corrected chi connectivity index (χ3v) is 3.78. The van der Waals surface area contributed by atoms with E-state index >= 15 is 0 Å². The Balaban J connectivity index is 2.35. The van der Waals surface area contributed by atoms with Gasteiger partial charge < -0.3 is 19.5 Å². The molecule has 2 heterocycles. The molecule has 8 heteroatoms. The van der Waals surface area contributed by atoms with Gasteiger partial charge in [-0.15, -0.1) is 0 Å². The molecule has 0 amide bonds. The second-order valence-electron chi connectivity index (χ2n) is 3.88. The Kier molecular flexibility index (Phi) is 4.31. The van der Waals surface area contributed by atoms with Crippen LogP contribution in [0, 0.1) is 0 Å². The molecule has 0 bridgehead atoms. The first-order valence-electron chi connectivity index (χ1n) is 5.70.